The summed E-state index contributed by atoms with van der Waals surface area (Å²) >= 11 is 1.86. The molecule has 0 unspecified atom stereocenters. The first-order valence-electron chi connectivity index (χ1n) is 19.2. The largest absolute Gasteiger partial charge is 0.310 e. The fraction of sp³-hybridized carbons (Fsp3) is 0. The molecule has 0 fully saturated rings. The summed E-state index contributed by atoms with van der Waals surface area (Å²) in [7, 11) is 0. The van der Waals surface area contributed by atoms with Crippen molar-refractivity contribution in [2.75, 3.05) is 4.90 Å². The summed E-state index contributed by atoms with van der Waals surface area (Å²) in [6, 6.07) is 77.8. The number of rotatable bonds is 6. The van der Waals surface area contributed by atoms with Crippen molar-refractivity contribution in [1.29, 1.82) is 0 Å². The van der Waals surface area contributed by atoms with Gasteiger partial charge in [0.15, 0.2) is 0 Å². The van der Waals surface area contributed by atoms with E-state index in [4.69, 9.17) is 0 Å². The highest BCUT2D eigenvalue weighted by Gasteiger charge is 2.20. The molecule has 0 amide bonds. The Kier molecular flexibility index (Phi) is 7.75. The van der Waals surface area contributed by atoms with Gasteiger partial charge in [-0.15, -0.1) is 11.3 Å². The van der Waals surface area contributed by atoms with Crippen LogP contribution in [0, 0.1) is 0 Å². The van der Waals surface area contributed by atoms with Crippen molar-refractivity contribution in [3.05, 3.63) is 212 Å². The first-order chi connectivity index (χ1) is 27.8. The zero-order chi connectivity index (χ0) is 37.0. The second-order valence-corrected chi connectivity index (χ2v) is 15.6. The van der Waals surface area contributed by atoms with Crippen molar-refractivity contribution in [3.8, 4) is 33.4 Å². The predicted molar refractivity (Wildman–Crippen MR) is 243 cm³/mol. The molecule has 0 radical (unpaired) electrons. The van der Waals surface area contributed by atoms with Gasteiger partial charge in [0.2, 0.25) is 0 Å². The zero-order valence-electron chi connectivity index (χ0n) is 30.6. The van der Waals surface area contributed by atoms with Crippen molar-refractivity contribution in [3.63, 3.8) is 0 Å². The average molecular weight is 730 g/mol. The molecule has 0 saturated heterocycles. The SMILES string of the molecule is c1cc(-c2ccccc2N(c2ccc(-c3cc4ccccc4c4ccccc34)cc2)c2ccc3c(c2)sc2ccccc23)cc(-c2cccc3ccccc23)c1. The number of fused-ring (bicyclic) bond motifs is 7. The molecule has 11 aromatic rings. The van der Waals surface area contributed by atoms with Crippen LogP contribution < -0.4 is 4.90 Å². The first-order valence-corrected chi connectivity index (χ1v) is 20.0. The van der Waals surface area contributed by atoms with Crippen LogP contribution in [0.25, 0.3) is 85.9 Å². The Balaban J connectivity index is 1.08. The Morgan fingerprint density at radius 2 is 0.875 bits per heavy atom. The number of benzene rings is 10. The van der Waals surface area contributed by atoms with Gasteiger partial charge < -0.3 is 4.90 Å². The maximum Gasteiger partial charge on any atom is 0.0540 e. The molecule has 262 valence electrons. The van der Waals surface area contributed by atoms with E-state index in [1.807, 2.05) is 11.3 Å². The molecule has 1 aromatic heterocycles. The summed E-state index contributed by atoms with van der Waals surface area (Å²) in [5.74, 6) is 0. The van der Waals surface area contributed by atoms with Gasteiger partial charge in [-0.3, -0.25) is 0 Å². The molecule has 0 aliphatic heterocycles. The van der Waals surface area contributed by atoms with Crippen molar-refractivity contribution in [2.45, 2.75) is 0 Å². The molecule has 0 spiro atoms. The standard InChI is InChI=1S/C54H35NS/c1-3-18-43-36(13-1)15-12-24-44(43)38-16-11-17-39(33-38)46-20-7-9-25-52(46)55(42-31-32-50-49-23-8-10-26-53(49)56-54(50)35-42)41-29-27-37(28-30-41)51-34-40-14-2-4-19-45(40)47-21-5-6-22-48(47)51/h1-35H. The van der Waals surface area contributed by atoms with Crippen molar-refractivity contribution in [2.24, 2.45) is 0 Å². The van der Waals surface area contributed by atoms with Crippen LogP contribution in [-0.2, 0) is 0 Å². The van der Waals surface area contributed by atoms with Gasteiger partial charge >= 0.3 is 0 Å². The molecule has 0 aliphatic rings. The maximum absolute atomic E-state index is 2.44. The monoisotopic (exact) mass is 729 g/mol. The molecule has 0 N–H and O–H groups in total. The lowest BCUT2D eigenvalue weighted by molar-refractivity contribution is 1.29. The normalized spacial score (nSPS) is 11.6. The van der Waals surface area contributed by atoms with E-state index in [-0.39, 0.29) is 0 Å². The second kappa shape index (κ2) is 13.4. The number of anilines is 3. The fourth-order valence-electron chi connectivity index (χ4n) is 8.61. The summed E-state index contributed by atoms with van der Waals surface area (Å²) < 4.78 is 2.59. The van der Waals surface area contributed by atoms with E-state index in [9.17, 15) is 0 Å². The number of hydrogen-bond donors (Lipinski definition) is 0. The number of nitrogens with zero attached hydrogens (tertiary/aromatic N) is 1. The Bertz CT molecular complexity index is 3260. The summed E-state index contributed by atoms with van der Waals surface area (Å²) in [5.41, 5.74) is 10.6. The second-order valence-electron chi connectivity index (χ2n) is 14.5. The van der Waals surface area contributed by atoms with E-state index < -0.39 is 0 Å². The van der Waals surface area contributed by atoms with E-state index in [1.54, 1.807) is 0 Å². The molecule has 11 rings (SSSR count). The highest BCUT2D eigenvalue weighted by atomic mass is 32.1. The summed E-state index contributed by atoms with van der Waals surface area (Å²) in [6.07, 6.45) is 0. The minimum absolute atomic E-state index is 1.11. The molecule has 0 saturated carbocycles. The Labute approximate surface area is 330 Å². The maximum atomic E-state index is 2.44. The third kappa shape index (κ3) is 5.46. The highest BCUT2D eigenvalue weighted by molar-refractivity contribution is 7.25. The molecule has 0 bridgehead atoms. The lowest BCUT2D eigenvalue weighted by Crippen LogP contribution is -2.11. The van der Waals surface area contributed by atoms with E-state index in [0.29, 0.717) is 0 Å². The van der Waals surface area contributed by atoms with Crippen LogP contribution in [0.15, 0.2) is 212 Å². The zero-order valence-corrected chi connectivity index (χ0v) is 31.4. The van der Waals surface area contributed by atoms with Crippen LogP contribution in [-0.4, -0.2) is 0 Å². The predicted octanol–water partition coefficient (Wildman–Crippen LogP) is 16.0. The summed E-state index contributed by atoms with van der Waals surface area (Å²) in [5, 5.41) is 10.2. The molecule has 1 heterocycles. The topological polar surface area (TPSA) is 3.24 Å². The van der Waals surface area contributed by atoms with E-state index in [2.05, 4.69) is 217 Å². The minimum atomic E-state index is 1.11. The molecule has 10 aromatic carbocycles. The summed E-state index contributed by atoms with van der Waals surface area (Å²) in [6.45, 7) is 0. The molecule has 0 atom stereocenters. The first kappa shape index (κ1) is 32.4. The number of hydrogen-bond acceptors (Lipinski definition) is 2. The molecular weight excluding hydrogens is 695 g/mol. The van der Waals surface area contributed by atoms with Gasteiger partial charge in [0.1, 0.15) is 0 Å². The number of thiophene rings is 1. The van der Waals surface area contributed by atoms with Gasteiger partial charge in [0.05, 0.1) is 5.69 Å². The van der Waals surface area contributed by atoms with Gasteiger partial charge in [-0.2, -0.15) is 0 Å². The van der Waals surface area contributed by atoms with Crippen molar-refractivity contribution < 1.29 is 0 Å². The smallest absolute Gasteiger partial charge is 0.0540 e. The molecule has 1 nitrogen and oxygen atoms in total. The molecule has 0 aliphatic carbocycles. The third-order valence-electron chi connectivity index (χ3n) is 11.2. The van der Waals surface area contributed by atoms with Crippen LogP contribution in [0.3, 0.4) is 0 Å². The van der Waals surface area contributed by atoms with Gasteiger partial charge in [-0.25, -0.2) is 0 Å². The lowest BCUT2D eigenvalue weighted by Gasteiger charge is -2.28. The van der Waals surface area contributed by atoms with Gasteiger partial charge in [-0.05, 0) is 109 Å². The Morgan fingerprint density at radius 3 is 1.73 bits per heavy atom. The van der Waals surface area contributed by atoms with Crippen LogP contribution >= 0.6 is 11.3 Å². The molecule has 56 heavy (non-hydrogen) atoms. The highest BCUT2D eigenvalue weighted by Crippen LogP contribution is 2.45. The quantitative estimate of drug-likeness (QED) is 0.154. The van der Waals surface area contributed by atoms with Crippen LogP contribution in [0.4, 0.5) is 17.1 Å². The lowest BCUT2D eigenvalue weighted by atomic mass is 9.93. The van der Waals surface area contributed by atoms with Crippen molar-refractivity contribution >= 4 is 80.9 Å². The van der Waals surface area contributed by atoms with Crippen LogP contribution in [0.2, 0.25) is 0 Å². The van der Waals surface area contributed by atoms with Crippen LogP contribution in [0.1, 0.15) is 0 Å². The number of para-hydroxylation sites is 1. The van der Waals surface area contributed by atoms with Gasteiger partial charge in [0, 0.05) is 37.1 Å². The molecule has 2 heteroatoms. The minimum Gasteiger partial charge on any atom is -0.310 e. The average Bonchev–Trinajstić information content (AvgIpc) is 3.64. The Morgan fingerprint density at radius 1 is 0.286 bits per heavy atom. The van der Waals surface area contributed by atoms with Gasteiger partial charge in [-0.1, -0.05) is 164 Å². The van der Waals surface area contributed by atoms with Gasteiger partial charge in [0.25, 0.3) is 0 Å². The van der Waals surface area contributed by atoms with E-state index in [1.165, 1.54) is 85.9 Å². The van der Waals surface area contributed by atoms with E-state index in [0.717, 1.165) is 17.1 Å². The van der Waals surface area contributed by atoms with E-state index >= 15 is 0 Å². The third-order valence-corrected chi connectivity index (χ3v) is 12.4. The fourth-order valence-corrected chi connectivity index (χ4v) is 9.75. The Hall–Kier alpha value is -7.00. The van der Waals surface area contributed by atoms with Crippen molar-refractivity contribution in [1.82, 2.24) is 0 Å². The molecular formula is C54H35NS. The summed E-state index contributed by atoms with van der Waals surface area (Å²) in [4.78, 5) is 2.44. The van der Waals surface area contributed by atoms with Crippen LogP contribution in [0.5, 0.6) is 0 Å².